The Labute approximate surface area is 177 Å². The number of nitrogens with zero attached hydrogens (tertiary/aromatic N) is 1. The third-order valence-corrected chi connectivity index (χ3v) is 5.74. The van der Waals surface area contributed by atoms with E-state index in [2.05, 4.69) is 38.1 Å². The number of hydrogen-bond donors (Lipinski definition) is 0. The lowest BCUT2D eigenvalue weighted by Crippen LogP contribution is -1.94. The van der Waals surface area contributed by atoms with E-state index < -0.39 is 0 Å². The second-order valence-electron chi connectivity index (χ2n) is 7.18. The molecule has 0 atom stereocenters. The van der Waals surface area contributed by atoms with Gasteiger partial charge >= 0.3 is 0 Å². The molecule has 2 nitrogen and oxygen atoms in total. The first-order valence-corrected chi connectivity index (χ1v) is 10.5. The van der Waals surface area contributed by atoms with Gasteiger partial charge in [-0.2, -0.15) is 0 Å². The molecule has 4 rings (SSSR count). The quantitative estimate of drug-likeness (QED) is 0.325. The molecule has 0 radical (unpaired) electrons. The summed E-state index contributed by atoms with van der Waals surface area (Å²) in [6.45, 7) is 4.47. The monoisotopic (exact) mass is 401 g/mol. The van der Waals surface area contributed by atoms with E-state index >= 15 is 0 Å². The average molecular weight is 402 g/mol. The van der Waals surface area contributed by atoms with Gasteiger partial charge in [-0.15, -0.1) is 0 Å². The van der Waals surface area contributed by atoms with Crippen LogP contribution in [0.1, 0.15) is 38.2 Å². The first-order valence-electron chi connectivity index (χ1n) is 10.1. The van der Waals surface area contributed by atoms with Gasteiger partial charge in [0, 0.05) is 16.7 Å². The van der Waals surface area contributed by atoms with E-state index in [0.29, 0.717) is 16.8 Å². The zero-order valence-corrected chi connectivity index (χ0v) is 17.5. The van der Waals surface area contributed by atoms with Crippen LogP contribution in [0.5, 0.6) is 0 Å². The molecule has 29 heavy (non-hydrogen) atoms. The molecule has 3 heteroatoms. The second-order valence-corrected chi connectivity index (χ2v) is 7.59. The van der Waals surface area contributed by atoms with Gasteiger partial charge in [0.2, 0.25) is 5.89 Å². The van der Waals surface area contributed by atoms with Crippen LogP contribution >= 0.6 is 11.6 Å². The number of benzene rings is 3. The van der Waals surface area contributed by atoms with Crippen LogP contribution in [0, 0.1) is 0 Å². The molecule has 4 aromatic rings. The van der Waals surface area contributed by atoms with Crippen molar-refractivity contribution in [3.8, 4) is 34.0 Å². The summed E-state index contributed by atoms with van der Waals surface area (Å²) in [6, 6.07) is 26.4. The fraction of sp³-hybridized carbons (Fsp3) is 0.192. The Bertz CT molecular complexity index is 1080. The fourth-order valence-electron chi connectivity index (χ4n) is 3.72. The first-order chi connectivity index (χ1) is 14.2. The molecule has 3 aromatic carbocycles. The van der Waals surface area contributed by atoms with Gasteiger partial charge in [0.15, 0.2) is 5.76 Å². The largest absolute Gasteiger partial charge is 0.435 e. The van der Waals surface area contributed by atoms with Crippen molar-refractivity contribution in [3.05, 3.63) is 89.4 Å². The summed E-state index contributed by atoms with van der Waals surface area (Å²) in [7, 11) is 0. The molecule has 0 aliphatic heterocycles. The maximum absolute atomic E-state index is 6.50. The van der Waals surface area contributed by atoms with Crippen LogP contribution in [0.4, 0.5) is 0 Å². The van der Waals surface area contributed by atoms with Crippen molar-refractivity contribution in [2.24, 2.45) is 0 Å². The third kappa shape index (κ3) is 3.99. The van der Waals surface area contributed by atoms with E-state index in [-0.39, 0.29) is 0 Å². The Hall–Kier alpha value is -2.84. The standard InChI is InChI=1S/C26H24ClNO/c1-3-18(4-2)19-14-16-20(17-15-19)25-24(22-12-8-9-13-23(22)27)28-26(29-25)21-10-6-5-7-11-21/h5-18H,3-4H2,1-2H3. The van der Waals surface area contributed by atoms with E-state index in [4.69, 9.17) is 21.0 Å². The molecule has 0 saturated heterocycles. The summed E-state index contributed by atoms with van der Waals surface area (Å²) >= 11 is 6.50. The minimum atomic E-state index is 0.585. The van der Waals surface area contributed by atoms with Crippen LogP contribution in [0.15, 0.2) is 83.3 Å². The topological polar surface area (TPSA) is 26.0 Å². The van der Waals surface area contributed by atoms with Gasteiger partial charge in [-0.1, -0.05) is 86.1 Å². The Morgan fingerprint density at radius 2 is 1.45 bits per heavy atom. The molecule has 0 saturated carbocycles. The second kappa shape index (κ2) is 8.67. The highest BCUT2D eigenvalue weighted by atomic mass is 35.5. The maximum Gasteiger partial charge on any atom is 0.227 e. The molecule has 0 unspecified atom stereocenters. The highest BCUT2D eigenvalue weighted by molar-refractivity contribution is 6.33. The Morgan fingerprint density at radius 1 is 0.793 bits per heavy atom. The van der Waals surface area contributed by atoms with Crippen molar-refractivity contribution in [2.75, 3.05) is 0 Å². The molecular formula is C26H24ClNO. The predicted octanol–water partition coefficient (Wildman–Crippen LogP) is 8.23. The van der Waals surface area contributed by atoms with Crippen molar-refractivity contribution < 1.29 is 4.42 Å². The molecule has 0 aliphatic rings. The molecule has 0 spiro atoms. The predicted molar refractivity (Wildman–Crippen MR) is 121 cm³/mol. The number of hydrogen-bond acceptors (Lipinski definition) is 2. The lowest BCUT2D eigenvalue weighted by Gasteiger charge is -2.13. The van der Waals surface area contributed by atoms with Crippen molar-refractivity contribution in [1.29, 1.82) is 0 Å². The van der Waals surface area contributed by atoms with Crippen molar-refractivity contribution in [3.63, 3.8) is 0 Å². The van der Waals surface area contributed by atoms with Gasteiger partial charge in [0.1, 0.15) is 5.69 Å². The van der Waals surface area contributed by atoms with Gasteiger partial charge in [0.05, 0.1) is 5.02 Å². The van der Waals surface area contributed by atoms with Gasteiger partial charge in [0.25, 0.3) is 0 Å². The van der Waals surface area contributed by atoms with Crippen LogP contribution in [-0.4, -0.2) is 4.98 Å². The molecule has 1 heterocycles. The molecule has 1 aromatic heterocycles. The van der Waals surface area contributed by atoms with Crippen LogP contribution < -0.4 is 0 Å². The molecule has 146 valence electrons. The molecule has 0 aliphatic carbocycles. The van der Waals surface area contributed by atoms with Gasteiger partial charge in [-0.25, -0.2) is 4.98 Å². The van der Waals surface area contributed by atoms with Crippen molar-refractivity contribution in [2.45, 2.75) is 32.6 Å². The van der Waals surface area contributed by atoms with E-state index in [9.17, 15) is 0 Å². The van der Waals surface area contributed by atoms with Crippen molar-refractivity contribution >= 4 is 11.6 Å². The zero-order valence-electron chi connectivity index (χ0n) is 16.7. The molecule has 0 N–H and O–H groups in total. The lowest BCUT2D eigenvalue weighted by atomic mass is 9.93. The number of rotatable bonds is 6. The smallest absolute Gasteiger partial charge is 0.227 e. The summed E-state index contributed by atoms with van der Waals surface area (Å²) in [6.07, 6.45) is 2.28. The summed E-state index contributed by atoms with van der Waals surface area (Å²) in [5, 5.41) is 0.662. The van der Waals surface area contributed by atoms with Crippen LogP contribution in [0.25, 0.3) is 34.0 Å². The minimum Gasteiger partial charge on any atom is -0.435 e. The van der Waals surface area contributed by atoms with E-state index in [1.807, 2.05) is 54.6 Å². The van der Waals surface area contributed by atoms with Gasteiger partial charge in [-0.05, 0) is 42.5 Å². The Morgan fingerprint density at radius 3 is 2.10 bits per heavy atom. The first kappa shape index (κ1) is 19.5. The summed E-state index contributed by atoms with van der Waals surface area (Å²) in [5.41, 5.74) is 4.95. The van der Waals surface area contributed by atoms with Crippen LogP contribution in [0.2, 0.25) is 5.02 Å². The van der Waals surface area contributed by atoms with Crippen molar-refractivity contribution in [1.82, 2.24) is 4.98 Å². The fourth-order valence-corrected chi connectivity index (χ4v) is 3.95. The highest BCUT2D eigenvalue weighted by Crippen LogP contribution is 2.39. The third-order valence-electron chi connectivity index (χ3n) is 5.41. The Kier molecular flexibility index (Phi) is 5.82. The Balaban J connectivity index is 1.83. The zero-order chi connectivity index (χ0) is 20.2. The number of aromatic nitrogens is 1. The summed E-state index contributed by atoms with van der Waals surface area (Å²) in [4.78, 5) is 4.83. The maximum atomic E-state index is 6.50. The molecular weight excluding hydrogens is 378 g/mol. The van der Waals surface area contributed by atoms with E-state index in [1.54, 1.807) is 0 Å². The van der Waals surface area contributed by atoms with Crippen LogP contribution in [0.3, 0.4) is 0 Å². The highest BCUT2D eigenvalue weighted by Gasteiger charge is 2.20. The van der Waals surface area contributed by atoms with E-state index in [0.717, 1.165) is 41.0 Å². The number of oxazole rings is 1. The molecule has 0 fully saturated rings. The minimum absolute atomic E-state index is 0.585. The average Bonchev–Trinajstić information content (AvgIpc) is 3.21. The van der Waals surface area contributed by atoms with E-state index in [1.165, 1.54) is 5.56 Å². The number of halogens is 1. The normalized spacial score (nSPS) is 11.2. The van der Waals surface area contributed by atoms with Crippen LogP contribution in [-0.2, 0) is 0 Å². The SMILES string of the molecule is CCC(CC)c1ccc(-c2oc(-c3ccccc3)nc2-c2ccccc2Cl)cc1. The lowest BCUT2D eigenvalue weighted by molar-refractivity contribution is 0.589. The van der Waals surface area contributed by atoms with Gasteiger partial charge < -0.3 is 4.42 Å². The van der Waals surface area contributed by atoms with Gasteiger partial charge in [-0.3, -0.25) is 0 Å². The summed E-state index contributed by atoms with van der Waals surface area (Å²) in [5.74, 6) is 1.93. The summed E-state index contributed by atoms with van der Waals surface area (Å²) < 4.78 is 6.28. The molecule has 0 amide bonds. The molecule has 0 bridgehead atoms.